The van der Waals surface area contributed by atoms with Crippen molar-refractivity contribution in [2.45, 2.75) is 65.3 Å². The molecule has 0 saturated carbocycles. The Bertz CT molecular complexity index is 274. The van der Waals surface area contributed by atoms with E-state index in [-0.39, 0.29) is 18.7 Å². The number of aliphatic hydroxyl groups is 1. The molecule has 0 aliphatic carbocycles. The highest BCUT2D eigenvalue weighted by Crippen LogP contribution is 2.23. The molecule has 0 aromatic rings. The zero-order valence-corrected chi connectivity index (χ0v) is 13.4. The fraction of sp³-hybridized carbons (Fsp3) is 0.938. The Balaban J connectivity index is 2.21. The fourth-order valence-electron chi connectivity index (χ4n) is 2.77. The standard InChI is InChI=1S/C16H32N2O2/c1-13(2)6-7-15-8-10-18(11-9-15)16(20)17-14(3)5-4-12-19/h13-15,19H,4-12H2,1-3H3,(H,17,20). The van der Waals surface area contributed by atoms with E-state index >= 15 is 0 Å². The number of aliphatic hydroxyl groups excluding tert-OH is 1. The van der Waals surface area contributed by atoms with Crippen molar-refractivity contribution in [2.75, 3.05) is 19.7 Å². The highest BCUT2D eigenvalue weighted by Gasteiger charge is 2.23. The second kappa shape index (κ2) is 9.22. The van der Waals surface area contributed by atoms with E-state index in [1.54, 1.807) is 0 Å². The van der Waals surface area contributed by atoms with Crippen molar-refractivity contribution >= 4 is 6.03 Å². The number of carbonyl (C=O) groups is 1. The zero-order chi connectivity index (χ0) is 15.0. The molecule has 0 aromatic heterocycles. The molecular formula is C16H32N2O2. The minimum absolute atomic E-state index is 0.0674. The molecule has 0 aromatic carbocycles. The molecule has 1 aliphatic rings. The Morgan fingerprint density at radius 2 is 1.90 bits per heavy atom. The third kappa shape index (κ3) is 6.60. The van der Waals surface area contributed by atoms with Crippen LogP contribution < -0.4 is 5.32 Å². The van der Waals surface area contributed by atoms with Crippen LogP contribution in [0.5, 0.6) is 0 Å². The lowest BCUT2D eigenvalue weighted by molar-refractivity contribution is 0.162. The second-order valence-corrected chi connectivity index (χ2v) is 6.62. The minimum Gasteiger partial charge on any atom is -0.396 e. The van der Waals surface area contributed by atoms with Crippen molar-refractivity contribution in [3.63, 3.8) is 0 Å². The van der Waals surface area contributed by atoms with Crippen LogP contribution in [0.15, 0.2) is 0 Å². The number of urea groups is 1. The summed E-state index contributed by atoms with van der Waals surface area (Å²) >= 11 is 0. The number of likely N-dealkylation sites (tertiary alicyclic amines) is 1. The molecule has 0 radical (unpaired) electrons. The summed E-state index contributed by atoms with van der Waals surface area (Å²) in [6.45, 7) is 8.53. The first-order valence-electron chi connectivity index (χ1n) is 8.19. The summed E-state index contributed by atoms with van der Waals surface area (Å²) in [5.74, 6) is 1.58. The molecule has 1 aliphatic heterocycles. The maximum atomic E-state index is 12.1. The number of carbonyl (C=O) groups excluding carboxylic acids is 1. The van der Waals surface area contributed by atoms with Gasteiger partial charge in [0.25, 0.3) is 0 Å². The van der Waals surface area contributed by atoms with Gasteiger partial charge in [-0.3, -0.25) is 0 Å². The molecule has 118 valence electrons. The number of nitrogens with zero attached hydrogens (tertiary/aromatic N) is 1. The molecule has 1 unspecified atom stereocenters. The summed E-state index contributed by atoms with van der Waals surface area (Å²) in [5, 5.41) is 11.8. The van der Waals surface area contributed by atoms with E-state index in [2.05, 4.69) is 19.2 Å². The number of rotatable bonds is 7. The molecule has 1 rings (SSSR count). The van der Waals surface area contributed by atoms with Gasteiger partial charge in [-0.2, -0.15) is 0 Å². The van der Waals surface area contributed by atoms with Crippen molar-refractivity contribution in [2.24, 2.45) is 11.8 Å². The van der Waals surface area contributed by atoms with Gasteiger partial charge in [-0.1, -0.05) is 26.7 Å². The highest BCUT2D eigenvalue weighted by atomic mass is 16.3. The molecule has 20 heavy (non-hydrogen) atoms. The molecular weight excluding hydrogens is 252 g/mol. The number of amides is 2. The number of hydrogen-bond acceptors (Lipinski definition) is 2. The van der Waals surface area contributed by atoms with Crippen LogP contribution in [-0.2, 0) is 0 Å². The molecule has 4 nitrogen and oxygen atoms in total. The Morgan fingerprint density at radius 1 is 1.25 bits per heavy atom. The third-order valence-electron chi connectivity index (χ3n) is 4.22. The van der Waals surface area contributed by atoms with E-state index in [0.717, 1.165) is 50.6 Å². The molecule has 1 heterocycles. The quantitative estimate of drug-likeness (QED) is 0.755. The van der Waals surface area contributed by atoms with E-state index in [1.807, 2.05) is 11.8 Å². The van der Waals surface area contributed by atoms with Gasteiger partial charge in [-0.15, -0.1) is 0 Å². The zero-order valence-electron chi connectivity index (χ0n) is 13.4. The third-order valence-corrected chi connectivity index (χ3v) is 4.22. The molecule has 0 spiro atoms. The van der Waals surface area contributed by atoms with Crippen LogP contribution in [0.1, 0.15) is 59.3 Å². The van der Waals surface area contributed by atoms with Crippen LogP contribution in [-0.4, -0.2) is 41.8 Å². The van der Waals surface area contributed by atoms with Gasteiger partial charge >= 0.3 is 6.03 Å². The predicted molar refractivity (Wildman–Crippen MR) is 82.7 cm³/mol. The molecule has 1 fully saturated rings. The fourth-order valence-corrected chi connectivity index (χ4v) is 2.77. The van der Waals surface area contributed by atoms with Gasteiger partial charge < -0.3 is 15.3 Å². The maximum absolute atomic E-state index is 12.1. The minimum atomic E-state index is 0.0674. The summed E-state index contributed by atoms with van der Waals surface area (Å²) in [5.41, 5.74) is 0. The largest absolute Gasteiger partial charge is 0.396 e. The van der Waals surface area contributed by atoms with Crippen molar-refractivity contribution in [3.05, 3.63) is 0 Å². The van der Waals surface area contributed by atoms with Gasteiger partial charge in [-0.25, -0.2) is 4.79 Å². The van der Waals surface area contributed by atoms with Gasteiger partial charge in [0.15, 0.2) is 0 Å². The summed E-state index contributed by atoms with van der Waals surface area (Å²) in [6, 6.07) is 0.214. The summed E-state index contributed by atoms with van der Waals surface area (Å²) in [7, 11) is 0. The number of hydrogen-bond donors (Lipinski definition) is 2. The van der Waals surface area contributed by atoms with Crippen LogP contribution in [0.3, 0.4) is 0 Å². The lowest BCUT2D eigenvalue weighted by atomic mass is 9.90. The van der Waals surface area contributed by atoms with E-state index in [4.69, 9.17) is 5.11 Å². The first-order valence-corrected chi connectivity index (χ1v) is 8.19. The van der Waals surface area contributed by atoms with Crippen molar-refractivity contribution in [1.82, 2.24) is 10.2 Å². The van der Waals surface area contributed by atoms with E-state index in [1.165, 1.54) is 12.8 Å². The summed E-state index contributed by atoms with van der Waals surface area (Å²) in [6.07, 6.45) is 6.48. The average Bonchev–Trinajstić information content (AvgIpc) is 2.43. The predicted octanol–water partition coefficient (Wildman–Crippen LogP) is 3.01. The number of piperidine rings is 1. The molecule has 1 saturated heterocycles. The van der Waals surface area contributed by atoms with Crippen LogP contribution in [0.25, 0.3) is 0 Å². The van der Waals surface area contributed by atoms with Gasteiger partial charge in [-0.05, 0) is 44.4 Å². The van der Waals surface area contributed by atoms with Crippen molar-refractivity contribution < 1.29 is 9.90 Å². The van der Waals surface area contributed by atoms with E-state index < -0.39 is 0 Å². The van der Waals surface area contributed by atoms with Gasteiger partial charge in [0, 0.05) is 25.7 Å². The van der Waals surface area contributed by atoms with Crippen molar-refractivity contribution in [1.29, 1.82) is 0 Å². The van der Waals surface area contributed by atoms with Crippen molar-refractivity contribution in [3.8, 4) is 0 Å². The summed E-state index contributed by atoms with van der Waals surface area (Å²) in [4.78, 5) is 14.0. The topological polar surface area (TPSA) is 52.6 Å². The normalized spacial score (nSPS) is 18.4. The lowest BCUT2D eigenvalue weighted by Gasteiger charge is -2.33. The number of nitrogens with one attached hydrogen (secondary N) is 1. The molecule has 2 amide bonds. The molecule has 4 heteroatoms. The maximum Gasteiger partial charge on any atom is 0.317 e. The Morgan fingerprint density at radius 3 is 2.45 bits per heavy atom. The lowest BCUT2D eigenvalue weighted by Crippen LogP contribution is -2.47. The molecule has 2 N–H and O–H groups in total. The first-order chi connectivity index (χ1) is 9.52. The SMILES string of the molecule is CC(C)CCC1CCN(C(=O)NC(C)CCCO)CC1. The van der Waals surface area contributed by atoms with Crippen LogP contribution in [0.4, 0.5) is 4.79 Å². The molecule has 0 bridgehead atoms. The Hall–Kier alpha value is -0.770. The van der Waals surface area contributed by atoms with Crippen LogP contribution in [0, 0.1) is 11.8 Å². The molecule has 1 atom stereocenters. The smallest absolute Gasteiger partial charge is 0.317 e. The van der Waals surface area contributed by atoms with E-state index in [9.17, 15) is 4.79 Å². The van der Waals surface area contributed by atoms with Crippen LogP contribution in [0.2, 0.25) is 0 Å². The Kier molecular flexibility index (Phi) is 7.97. The van der Waals surface area contributed by atoms with Gasteiger partial charge in [0.2, 0.25) is 0 Å². The highest BCUT2D eigenvalue weighted by molar-refractivity contribution is 5.74. The first kappa shape index (κ1) is 17.3. The van der Waals surface area contributed by atoms with Crippen LogP contribution >= 0.6 is 0 Å². The monoisotopic (exact) mass is 284 g/mol. The summed E-state index contributed by atoms with van der Waals surface area (Å²) < 4.78 is 0. The average molecular weight is 284 g/mol. The second-order valence-electron chi connectivity index (χ2n) is 6.62. The van der Waals surface area contributed by atoms with Gasteiger partial charge in [0.05, 0.1) is 0 Å². The van der Waals surface area contributed by atoms with Gasteiger partial charge in [0.1, 0.15) is 0 Å². The van der Waals surface area contributed by atoms with E-state index in [0.29, 0.717) is 0 Å². The Labute approximate surface area is 123 Å².